The van der Waals surface area contributed by atoms with Crippen molar-refractivity contribution in [3.8, 4) is 0 Å². The van der Waals surface area contributed by atoms with Crippen molar-refractivity contribution in [2.45, 2.75) is 32.3 Å². The normalized spacial score (nSPS) is 19.2. The number of hydrogen-bond donors (Lipinski definition) is 1. The topological polar surface area (TPSA) is 29.5 Å². The fourth-order valence-corrected chi connectivity index (χ4v) is 2.38. The lowest BCUT2D eigenvalue weighted by atomic mass is 9.89. The van der Waals surface area contributed by atoms with Crippen LogP contribution in [0.1, 0.15) is 24.0 Å². The summed E-state index contributed by atoms with van der Waals surface area (Å²) in [6, 6.07) is 4.75. The van der Waals surface area contributed by atoms with E-state index >= 15 is 0 Å². The molecule has 0 aromatic heterocycles. The standard InChI is InChI=1S/C14H19FO2/c1-10-8-13(15)3-2-12(10)9-14(16)11-4-6-17-7-5-11/h2-3,8,11,14,16H,4-7,9H2,1H3. The fourth-order valence-electron chi connectivity index (χ4n) is 2.38. The van der Waals surface area contributed by atoms with Gasteiger partial charge in [-0.25, -0.2) is 4.39 Å². The van der Waals surface area contributed by atoms with Crippen molar-refractivity contribution in [1.29, 1.82) is 0 Å². The van der Waals surface area contributed by atoms with Gasteiger partial charge >= 0.3 is 0 Å². The number of benzene rings is 1. The van der Waals surface area contributed by atoms with Gasteiger partial charge in [-0.1, -0.05) is 6.07 Å². The van der Waals surface area contributed by atoms with Crippen molar-refractivity contribution in [1.82, 2.24) is 0 Å². The van der Waals surface area contributed by atoms with E-state index in [0.29, 0.717) is 12.3 Å². The highest BCUT2D eigenvalue weighted by molar-refractivity contribution is 5.27. The zero-order valence-electron chi connectivity index (χ0n) is 10.2. The molecule has 1 saturated heterocycles. The van der Waals surface area contributed by atoms with Crippen molar-refractivity contribution in [3.05, 3.63) is 35.1 Å². The molecular weight excluding hydrogens is 219 g/mol. The van der Waals surface area contributed by atoms with Crippen molar-refractivity contribution in [2.75, 3.05) is 13.2 Å². The van der Waals surface area contributed by atoms with E-state index in [4.69, 9.17) is 4.74 Å². The van der Waals surface area contributed by atoms with Crippen LogP contribution in [0.3, 0.4) is 0 Å². The molecule has 2 nitrogen and oxygen atoms in total. The minimum atomic E-state index is -0.344. The third kappa shape index (κ3) is 3.27. The Morgan fingerprint density at radius 1 is 1.41 bits per heavy atom. The first kappa shape index (κ1) is 12.5. The first-order valence-corrected chi connectivity index (χ1v) is 6.17. The highest BCUT2D eigenvalue weighted by atomic mass is 19.1. The first-order valence-electron chi connectivity index (χ1n) is 6.17. The Kier molecular flexibility index (Phi) is 4.13. The van der Waals surface area contributed by atoms with Crippen LogP contribution < -0.4 is 0 Å². The molecule has 1 heterocycles. The van der Waals surface area contributed by atoms with E-state index in [1.807, 2.05) is 6.92 Å². The lowest BCUT2D eigenvalue weighted by Gasteiger charge is -2.27. The molecule has 0 saturated carbocycles. The van der Waals surface area contributed by atoms with E-state index in [1.165, 1.54) is 12.1 Å². The van der Waals surface area contributed by atoms with Crippen LogP contribution >= 0.6 is 0 Å². The largest absolute Gasteiger partial charge is 0.392 e. The Hall–Kier alpha value is -0.930. The molecule has 1 unspecified atom stereocenters. The molecule has 1 aromatic carbocycles. The molecule has 0 spiro atoms. The van der Waals surface area contributed by atoms with Crippen LogP contribution in [-0.4, -0.2) is 24.4 Å². The predicted molar refractivity (Wildman–Crippen MR) is 64.4 cm³/mol. The Balaban J connectivity index is 1.99. The highest BCUT2D eigenvalue weighted by Gasteiger charge is 2.22. The molecule has 1 atom stereocenters. The average Bonchev–Trinajstić information content (AvgIpc) is 2.34. The van der Waals surface area contributed by atoms with Gasteiger partial charge in [-0.3, -0.25) is 0 Å². The summed E-state index contributed by atoms with van der Waals surface area (Å²) in [4.78, 5) is 0. The zero-order chi connectivity index (χ0) is 12.3. The molecule has 0 aliphatic carbocycles. The molecule has 94 valence electrons. The quantitative estimate of drug-likeness (QED) is 0.876. The lowest BCUT2D eigenvalue weighted by Crippen LogP contribution is -2.29. The summed E-state index contributed by atoms with van der Waals surface area (Å²) in [6.07, 6.45) is 2.10. The molecule has 1 N–H and O–H groups in total. The molecule has 1 aliphatic heterocycles. The molecule has 0 amide bonds. The van der Waals surface area contributed by atoms with Crippen LogP contribution in [-0.2, 0) is 11.2 Å². The van der Waals surface area contributed by atoms with Crippen LogP contribution in [0.5, 0.6) is 0 Å². The summed E-state index contributed by atoms with van der Waals surface area (Å²) in [5.74, 6) is 0.0972. The number of halogens is 1. The van der Waals surface area contributed by atoms with Crippen LogP contribution in [0.15, 0.2) is 18.2 Å². The van der Waals surface area contributed by atoms with Crippen LogP contribution in [0.4, 0.5) is 4.39 Å². The van der Waals surface area contributed by atoms with E-state index in [1.54, 1.807) is 6.07 Å². The average molecular weight is 238 g/mol. The van der Waals surface area contributed by atoms with E-state index in [9.17, 15) is 9.50 Å². The predicted octanol–water partition coefficient (Wildman–Crippen LogP) is 2.46. The van der Waals surface area contributed by atoms with Crippen LogP contribution in [0.2, 0.25) is 0 Å². The van der Waals surface area contributed by atoms with E-state index < -0.39 is 0 Å². The van der Waals surface area contributed by atoms with E-state index in [-0.39, 0.29) is 11.9 Å². The second-order valence-corrected chi connectivity index (χ2v) is 4.79. The summed E-state index contributed by atoms with van der Waals surface area (Å²) >= 11 is 0. The first-order chi connectivity index (χ1) is 8.16. The summed E-state index contributed by atoms with van der Waals surface area (Å²) < 4.78 is 18.2. The Morgan fingerprint density at radius 3 is 2.76 bits per heavy atom. The van der Waals surface area contributed by atoms with E-state index in [2.05, 4.69) is 0 Å². The van der Waals surface area contributed by atoms with Gasteiger partial charge in [0.15, 0.2) is 0 Å². The number of aryl methyl sites for hydroxylation is 1. The van der Waals surface area contributed by atoms with Gasteiger partial charge in [0.05, 0.1) is 6.10 Å². The van der Waals surface area contributed by atoms with Crippen molar-refractivity contribution in [3.63, 3.8) is 0 Å². The SMILES string of the molecule is Cc1cc(F)ccc1CC(O)C1CCOCC1. The zero-order valence-corrected chi connectivity index (χ0v) is 10.2. The highest BCUT2D eigenvalue weighted by Crippen LogP contribution is 2.22. The Morgan fingerprint density at radius 2 is 2.12 bits per heavy atom. The second kappa shape index (κ2) is 5.61. The smallest absolute Gasteiger partial charge is 0.123 e. The third-order valence-electron chi connectivity index (χ3n) is 3.54. The number of aliphatic hydroxyl groups excluding tert-OH is 1. The molecule has 0 bridgehead atoms. The van der Waals surface area contributed by atoms with Gasteiger partial charge in [0.1, 0.15) is 5.82 Å². The molecule has 17 heavy (non-hydrogen) atoms. The second-order valence-electron chi connectivity index (χ2n) is 4.79. The third-order valence-corrected chi connectivity index (χ3v) is 3.54. The summed E-state index contributed by atoms with van der Waals surface area (Å²) in [5, 5.41) is 10.2. The Bertz CT molecular complexity index is 372. The van der Waals surface area contributed by atoms with Gasteiger partial charge in [-0.15, -0.1) is 0 Å². The molecule has 3 heteroatoms. The van der Waals surface area contributed by atoms with Gasteiger partial charge < -0.3 is 9.84 Å². The number of rotatable bonds is 3. The molecule has 1 fully saturated rings. The lowest BCUT2D eigenvalue weighted by molar-refractivity contribution is 0.00834. The van der Waals surface area contributed by atoms with Gasteiger partial charge in [-0.2, -0.15) is 0 Å². The summed E-state index contributed by atoms with van der Waals surface area (Å²) in [6.45, 7) is 3.36. The van der Waals surface area contributed by atoms with Gasteiger partial charge in [0, 0.05) is 13.2 Å². The summed E-state index contributed by atoms with van der Waals surface area (Å²) in [5.41, 5.74) is 1.95. The van der Waals surface area contributed by atoms with Crippen LogP contribution in [0.25, 0.3) is 0 Å². The van der Waals surface area contributed by atoms with Gasteiger partial charge in [0.25, 0.3) is 0 Å². The van der Waals surface area contributed by atoms with Crippen molar-refractivity contribution >= 4 is 0 Å². The monoisotopic (exact) mass is 238 g/mol. The molecule has 2 rings (SSSR count). The fraction of sp³-hybridized carbons (Fsp3) is 0.571. The van der Waals surface area contributed by atoms with Crippen molar-refractivity contribution in [2.24, 2.45) is 5.92 Å². The number of hydrogen-bond acceptors (Lipinski definition) is 2. The van der Waals surface area contributed by atoms with Gasteiger partial charge in [0.2, 0.25) is 0 Å². The number of aliphatic hydroxyl groups is 1. The van der Waals surface area contributed by atoms with E-state index in [0.717, 1.165) is 37.2 Å². The maximum Gasteiger partial charge on any atom is 0.123 e. The van der Waals surface area contributed by atoms with Crippen LogP contribution in [0, 0.1) is 18.7 Å². The number of ether oxygens (including phenoxy) is 1. The minimum absolute atomic E-state index is 0.216. The molecular formula is C14H19FO2. The molecule has 0 radical (unpaired) electrons. The van der Waals surface area contributed by atoms with Crippen molar-refractivity contribution < 1.29 is 14.2 Å². The summed E-state index contributed by atoms with van der Waals surface area (Å²) in [7, 11) is 0. The maximum atomic E-state index is 13.0. The maximum absolute atomic E-state index is 13.0. The molecule has 1 aromatic rings. The molecule has 1 aliphatic rings. The van der Waals surface area contributed by atoms with Gasteiger partial charge in [-0.05, 0) is 55.4 Å². The Labute approximate surface area is 101 Å². The minimum Gasteiger partial charge on any atom is -0.392 e.